The maximum atomic E-state index is 14.1. The SMILES string of the molecule is CS(=O)(=O)c1ccc(S(=O)(=O)N(Cc2c(F)cccc2Cl)C2CC2)cc1. The van der Waals surface area contributed by atoms with Crippen molar-refractivity contribution < 1.29 is 21.2 Å². The van der Waals surface area contributed by atoms with E-state index in [0.717, 1.165) is 6.26 Å². The Balaban J connectivity index is 1.97. The molecule has 1 aliphatic carbocycles. The Hall–Kier alpha value is -1.48. The highest BCUT2D eigenvalue weighted by Gasteiger charge is 2.38. The smallest absolute Gasteiger partial charge is 0.224 e. The van der Waals surface area contributed by atoms with Crippen molar-refractivity contribution in [2.45, 2.75) is 35.2 Å². The van der Waals surface area contributed by atoms with Gasteiger partial charge in [-0.05, 0) is 49.2 Å². The van der Waals surface area contributed by atoms with Crippen LogP contribution in [-0.2, 0) is 26.4 Å². The van der Waals surface area contributed by atoms with E-state index in [-0.39, 0.29) is 33.0 Å². The van der Waals surface area contributed by atoms with Gasteiger partial charge in [0, 0.05) is 29.4 Å². The van der Waals surface area contributed by atoms with E-state index in [4.69, 9.17) is 11.6 Å². The van der Waals surface area contributed by atoms with Gasteiger partial charge in [-0.25, -0.2) is 21.2 Å². The van der Waals surface area contributed by atoms with Crippen molar-refractivity contribution >= 4 is 31.5 Å². The van der Waals surface area contributed by atoms with E-state index in [2.05, 4.69) is 0 Å². The van der Waals surface area contributed by atoms with Crippen LogP contribution in [0.2, 0.25) is 5.02 Å². The molecule has 0 bridgehead atoms. The molecular weight excluding hydrogens is 401 g/mol. The van der Waals surface area contributed by atoms with E-state index in [1.165, 1.54) is 46.8 Å². The number of nitrogens with zero attached hydrogens (tertiary/aromatic N) is 1. The molecule has 0 saturated heterocycles. The molecule has 0 amide bonds. The fourth-order valence-corrected chi connectivity index (χ4v) is 5.11. The van der Waals surface area contributed by atoms with Crippen LogP contribution in [0, 0.1) is 5.82 Å². The van der Waals surface area contributed by atoms with Gasteiger partial charge in [0.05, 0.1) is 9.79 Å². The lowest BCUT2D eigenvalue weighted by atomic mass is 10.2. The summed E-state index contributed by atoms with van der Waals surface area (Å²) in [6.07, 6.45) is 2.42. The van der Waals surface area contributed by atoms with Gasteiger partial charge in [0.15, 0.2) is 9.84 Å². The third kappa shape index (κ3) is 3.93. The van der Waals surface area contributed by atoms with Gasteiger partial charge in [-0.1, -0.05) is 17.7 Å². The molecule has 9 heteroatoms. The van der Waals surface area contributed by atoms with Gasteiger partial charge < -0.3 is 0 Å². The van der Waals surface area contributed by atoms with E-state index < -0.39 is 25.7 Å². The van der Waals surface area contributed by atoms with Crippen LogP contribution in [0.1, 0.15) is 18.4 Å². The summed E-state index contributed by atoms with van der Waals surface area (Å²) in [5, 5.41) is 0.165. The lowest BCUT2D eigenvalue weighted by molar-refractivity contribution is 0.391. The first-order chi connectivity index (χ1) is 12.1. The third-order valence-corrected chi connectivity index (χ3v) is 7.58. The van der Waals surface area contributed by atoms with Crippen molar-refractivity contribution in [3.63, 3.8) is 0 Å². The Morgan fingerprint density at radius 1 is 1.04 bits per heavy atom. The van der Waals surface area contributed by atoms with Gasteiger partial charge in [-0.3, -0.25) is 0 Å². The molecule has 5 nitrogen and oxygen atoms in total. The molecule has 0 N–H and O–H groups in total. The Morgan fingerprint density at radius 2 is 1.62 bits per heavy atom. The monoisotopic (exact) mass is 417 g/mol. The topological polar surface area (TPSA) is 71.5 Å². The second-order valence-corrected chi connectivity index (χ2v) is 10.5. The summed E-state index contributed by atoms with van der Waals surface area (Å²) in [6, 6.07) is 9.01. The van der Waals surface area contributed by atoms with Crippen molar-refractivity contribution in [1.82, 2.24) is 4.31 Å². The lowest BCUT2D eigenvalue weighted by Gasteiger charge is -2.23. The second-order valence-electron chi connectivity index (χ2n) is 6.23. The number of hydrogen-bond acceptors (Lipinski definition) is 4. The Labute approximate surface area is 157 Å². The minimum Gasteiger partial charge on any atom is -0.224 e. The van der Waals surface area contributed by atoms with Crippen LogP contribution in [0.5, 0.6) is 0 Å². The highest BCUT2D eigenvalue weighted by Crippen LogP contribution is 2.35. The van der Waals surface area contributed by atoms with Crippen molar-refractivity contribution in [3.05, 3.63) is 58.9 Å². The van der Waals surface area contributed by atoms with Gasteiger partial charge in [0.2, 0.25) is 10.0 Å². The molecule has 2 aromatic rings. The summed E-state index contributed by atoms with van der Waals surface area (Å²) in [5.41, 5.74) is 0.123. The number of rotatable bonds is 6. The average molecular weight is 418 g/mol. The van der Waals surface area contributed by atoms with Crippen molar-refractivity contribution in [1.29, 1.82) is 0 Å². The quantitative estimate of drug-likeness (QED) is 0.723. The lowest BCUT2D eigenvalue weighted by Crippen LogP contribution is -2.33. The maximum Gasteiger partial charge on any atom is 0.243 e. The Bertz CT molecular complexity index is 1010. The second kappa shape index (κ2) is 6.92. The summed E-state index contributed by atoms with van der Waals surface area (Å²) >= 11 is 6.04. The van der Waals surface area contributed by atoms with Gasteiger partial charge >= 0.3 is 0 Å². The average Bonchev–Trinajstić information content (AvgIpc) is 3.38. The molecule has 0 atom stereocenters. The molecule has 0 unspecified atom stereocenters. The third-order valence-electron chi connectivity index (χ3n) is 4.19. The molecule has 0 spiro atoms. The molecule has 0 radical (unpaired) electrons. The van der Waals surface area contributed by atoms with Crippen LogP contribution in [0.25, 0.3) is 0 Å². The highest BCUT2D eigenvalue weighted by molar-refractivity contribution is 7.90. The number of benzene rings is 2. The minimum absolute atomic E-state index is 0.0339. The molecule has 3 rings (SSSR count). The molecular formula is C17H17ClFNO4S2. The van der Waals surface area contributed by atoms with Crippen molar-refractivity contribution in [3.8, 4) is 0 Å². The van der Waals surface area contributed by atoms with E-state index >= 15 is 0 Å². The summed E-state index contributed by atoms with van der Waals surface area (Å²) in [4.78, 5) is -0.00386. The van der Waals surface area contributed by atoms with Crippen LogP contribution >= 0.6 is 11.6 Å². The largest absolute Gasteiger partial charge is 0.243 e. The van der Waals surface area contributed by atoms with Crippen LogP contribution in [-0.4, -0.2) is 33.4 Å². The van der Waals surface area contributed by atoms with Gasteiger partial charge in [-0.2, -0.15) is 4.31 Å². The van der Waals surface area contributed by atoms with Crippen LogP contribution in [0.4, 0.5) is 4.39 Å². The van der Waals surface area contributed by atoms with E-state index in [0.29, 0.717) is 12.8 Å². The van der Waals surface area contributed by atoms with Gasteiger partial charge in [-0.15, -0.1) is 0 Å². The molecule has 140 valence electrons. The van der Waals surface area contributed by atoms with Gasteiger partial charge in [0.1, 0.15) is 5.82 Å². The fraction of sp³-hybridized carbons (Fsp3) is 0.294. The molecule has 26 heavy (non-hydrogen) atoms. The summed E-state index contributed by atoms with van der Waals surface area (Å²) in [6.45, 7) is -0.174. The predicted octanol–water partition coefficient (Wildman–Crippen LogP) is 3.24. The van der Waals surface area contributed by atoms with Gasteiger partial charge in [0.25, 0.3) is 0 Å². The Kier molecular flexibility index (Phi) is 5.13. The fourth-order valence-electron chi connectivity index (χ4n) is 2.61. The zero-order valence-electron chi connectivity index (χ0n) is 13.9. The number of sulfone groups is 1. The molecule has 0 aromatic heterocycles. The van der Waals surface area contributed by atoms with Crippen molar-refractivity contribution in [2.75, 3.05) is 6.26 Å². The van der Waals surface area contributed by atoms with Crippen LogP contribution in [0.15, 0.2) is 52.3 Å². The first-order valence-electron chi connectivity index (χ1n) is 7.85. The standard InChI is InChI=1S/C17H17ClFNO4S2/c1-25(21,22)13-7-9-14(10-8-13)26(23,24)20(12-5-6-12)11-15-16(18)3-2-4-17(15)19/h2-4,7-10,12H,5-6,11H2,1H3. The van der Waals surface area contributed by atoms with E-state index in [9.17, 15) is 21.2 Å². The molecule has 1 saturated carbocycles. The zero-order chi connectivity index (χ0) is 19.1. The number of halogens is 2. The summed E-state index contributed by atoms with van der Waals surface area (Å²) < 4.78 is 64.4. The number of hydrogen-bond donors (Lipinski definition) is 0. The maximum absolute atomic E-state index is 14.1. The first kappa shape index (κ1) is 19.3. The highest BCUT2D eigenvalue weighted by atomic mass is 35.5. The van der Waals surface area contributed by atoms with Crippen LogP contribution in [0.3, 0.4) is 0 Å². The zero-order valence-corrected chi connectivity index (χ0v) is 16.3. The number of sulfonamides is 1. The molecule has 1 fully saturated rings. The van der Waals surface area contributed by atoms with Crippen LogP contribution < -0.4 is 0 Å². The molecule has 1 aliphatic rings. The predicted molar refractivity (Wildman–Crippen MR) is 96.7 cm³/mol. The normalized spacial score (nSPS) is 15.4. The molecule has 2 aromatic carbocycles. The van der Waals surface area contributed by atoms with E-state index in [1.807, 2.05) is 0 Å². The van der Waals surface area contributed by atoms with E-state index in [1.54, 1.807) is 0 Å². The minimum atomic E-state index is -3.92. The molecule has 0 heterocycles. The molecule has 0 aliphatic heterocycles. The first-order valence-corrected chi connectivity index (χ1v) is 11.6. The van der Waals surface area contributed by atoms with Crippen molar-refractivity contribution in [2.24, 2.45) is 0 Å². The Morgan fingerprint density at radius 3 is 2.12 bits per heavy atom. The summed E-state index contributed by atoms with van der Waals surface area (Å²) in [5.74, 6) is -0.564. The summed E-state index contributed by atoms with van der Waals surface area (Å²) in [7, 11) is -7.34.